The first-order valence-electron chi connectivity index (χ1n) is 4.70. The van der Waals surface area contributed by atoms with Gasteiger partial charge in [0.2, 0.25) is 0 Å². The molecule has 0 fully saturated rings. The molecule has 0 aliphatic carbocycles. The molecular formula is C10H9BrFNO5. The summed E-state index contributed by atoms with van der Waals surface area (Å²) in [6.07, 6.45) is -1.91. The molecule has 1 rings (SSSR count). The van der Waals surface area contributed by atoms with Crippen LogP contribution in [0.15, 0.2) is 10.5 Å². The Morgan fingerprint density at radius 3 is 2.67 bits per heavy atom. The first-order chi connectivity index (χ1) is 8.31. The molecule has 1 N–H and O–H groups in total. The molecule has 0 aromatic heterocycles. The van der Waals surface area contributed by atoms with E-state index in [1.807, 2.05) is 0 Å². The Hall–Kier alpha value is -1.54. The van der Waals surface area contributed by atoms with E-state index < -0.39 is 34.1 Å². The van der Waals surface area contributed by atoms with Crippen LogP contribution < -0.4 is 0 Å². The molecular weight excluding hydrogens is 313 g/mol. The van der Waals surface area contributed by atoms with E-state index in [4.69, 9.17) is 0 Å². The van der Waals surface area contributed by atoms with Gasteiger partial charge in [0.25, 0.3) is 5.69 Å². The average Bonchev–Trinajstić information content (AvgIpc) is 2.32. The topological polar surface area (TPSA) is 89.7 Å². The highest BCUT2D eigenvalue weighted by atomic mass is 79.9. The molecule has 1 aromatic carbocycles. The van der Waals surface area contributed by atoms with Crippen molar-refractivity contribution in [2.24, 2.45) is 0 Å². The number of hydrogen-bond donors (Lipinski definition) is 1. The second kappa shape index (κ2) is 5.40. The summed E-state index contributed by atoms with van der Waals surface area (Å²) in [5, 5.41) is 20.4. The molecule has 0 aliphatic rings. The van der Waals surface area contributed by atoms with Gasteiger partial charge in [-0.1, -0.05) is 0 Å². The molecule has 0 radical (unpaired) electrons. The third kappa shape index (κ3) is 2.49. The summed E-state index contributed by atoms with van der Waals surface area (Å²) < 4.78 is 17.9. The van der Waals surface area contributed by atoms with Crippen molar-refractivity contribution in [2.75, 3.05) is 7.11 Å². The van der Waals surface area contributed by atoms with Gasteiger partial charge in [-0.2, -0.15) is 0 Å². The molecule has 98 valence electrons. The van der Waals surface area contributed by atoms with Crippen LogP contribution in [0, 0.1) is 22.9 Å². The van der Waals surface area contributed by atoms with Crippen LogP contribution in [0.4, 0.5) is 10.1 Å². The number of carbonyl (C=O) groups excluding carboxylic acids is 1. The summed E-state index contributed by atoms with van der Waals surface area (Å²) >= 11 is 2.80. The number of rotatable bonds is 3. The Balaban J connectivity index is 3.51. The van der Waals surface area contributed by atoms with E-state index in [1.54, 1.807) is 0 Å². The number of nitro groups is 1. The van der Waals surface area contributed by atoms with E-state index in [2.05, 4.69) is 20.7 Å². The Labute approximate surface area is 110 Å². The minimum absolute atomic E-state index is 0.126. The first-order valence-corrected chi connectivity index (χ1v) is 5.49. The molecule has 1 unspecified atom stereocenters. The summed E-state index contributed by atoms with van der Waals surface area (Å²) in [7, 11) is 1.02. The van der Waals surface area contributed by atoms with E-state index in [1.165, 1.54) is 6.92 Å². The molecule has 6 nitrogen and oxygen atoms in total. The highest BCUT2D eigenvalue weighted by Gasteiger charge is 2.30. The second-order valence-corrected chi connectivity index (χ2v) is 4.27. The zero-order chi connectivity index (χ0) is 14.0. The lowest BCUT2D eigenvalue weighted by atomic mass is 10.0. The van der Waals surface area contributed by atoms with Crippen LogP contribution in [0.5, 0.6) is 0 Å². The van der Waals surface area contributed by atoms with E-state index in [0.717, 1.165) is 13.2 Å². The summed E-state index contributed by atoms with van der Waals surface area (Å²) in [5.41, 5.74) is -0.997. The monoisotopic (exact) mass is 321 g/mol. The number of nitrogens with zero attached hydrogens (tertiary/aromatic N) is 1. The smallest absolute Gasteiger partial charge is 0.339 e. The average molecular weight is 322 g/mol. The minimum atomic E-state index is -1.91. The fourth-order valence-corrected chi connectivity index (χ4v) is 1.90. The van der Waals surface area contributed by atoms with Gasteiger partial charge in [0.05, 0.1) is 16.5 Å². The molecule has 0 bridgehead atoms. The molecule has 0 saturated heterocycles. The largest absolute Gasteiger partial charge is 0.467 e. The SMILES string of the molecule is COC(=O)C(O)c1c(C)c([N+](=O)[O-])cc(Br)c1F. The van der Waals surface area contributed by atoms with Gasteiger partial charge in [-0.3, -0.25) is 10.1 Å². The summed E-state index contributed by atoms with van der Waals surface area (Å²) in [5.74, 6) is -2.03. The molecule has 0 heterocycles. The zero-order valence-electron chi connectivity index (χ0n) is 9.44. The fourth-order valence-electron chi connectivity index (χ4n) is 1.47. The maximum absolute atomic E-state index is 13.8. The van der Waals surface area contributed by atoms with Gasteiger partial charge in [-0.15, -0.1) is 0 Å². The maximum Gasteiger partial charge on any atom is 0.339 e. The number of benzene rings is 1. The third-order valence-electron chi connectivity index (χ3n) is 2.39. The standard InChI is InChI=1S/C10H9BrFNO5/c1-4-6(13(16)17)3-5(11)8(12)7(4)9(14)10(15)18-2/h3,9,14H,1-2H3. The van der Waals surface area contributed by atoms with Crippen molar-refractivity contribution in [1.82, 2.24) is 0 Å². The number of nitro benzene ring substituents is 1. The predicted octanol–water partition coefficient (Wildman–Crippen LogP) is 2.01. The Kier molecular flexibility index (Phi) is 4.36. The highest BCUT2D eigenvalue weighted by molar-refractivity contribution is 9.10. The van der Waals surface area contributed by atoms with Crippen molar-refractivity contribution < 1.29 is 24.0 Å². The number of methoxy groups -OCH3 is 1. The lowest BCUT2D eigenvalue weighted by molar-refractivity contribution is -0.385. The molecule has 1 aromatic rings. The Bertz CT molecular complexity index is 519. The number of halogens is 2. The lowest BCUT2D eigenvalue weighted by Gasteiger charge is -2.13. The number of esters is 1. The van der Waals surface area contributed by atoms with Crippen LogP contribution in [0.25, 0.3) is 0 Å². The maximum atomic E-state index is 13.8. The normalized spacial score (nSPS) is 12.1. The Morgan fingerprint density at radius 2 is 2.22 bits per heavy atom. The van der Waals surface area contributed by atoms with Crippen LogP contribution >= 0.6 is 15.9 Å². The van der Waals surface area contributed by atoms with Gasteiger partial charge in [0.15, 0.2) is 6.10 Å². The van der Waals surface area contributed by atoms with Crippen molar-refractivity contribution in [3.05, 3.63) is 37.6 Å². The molecule has 18 heavy (non-hydrogen) atoms. The van der Waals surface area contributed by atoms with Gasteiger partial charge in [0, 0.05) is 17.2 Å². The van der Waals surface area contributed by atoms with Gasteiger partial charge >= 0.3 is 5.97 Å². The summed E-state index contributed by atoms with van der Waals surface area (Å²) in [6.45, 7) is 1.25. The molecule has 1 atom stereocenters. The van der Waals surface area contributed by atoms with Gasteiger partial charge in [0.1, 0.15) is 5.82 Å². The second-order valence-electron chi connectivity index (χ2n) is 3.41. The highest BCUT2D eigenvalue weighted by Crippen LogP contribution is 2.34. The molecule has 0 saturated carbocycles. The minimum Gasteiger partial charge on any atom is -0.467 e. The van der Waals surface area contributed by atoms with Crippen molar-refractivity contribution in [3.63, 3.8) is 0 Å². The summed E-state index contributed by atoms with van der Waals surface area (Å²) in [4.78, 5) is 21.2. The van der Waals surface area contributed by atoms with Gasteiger partial charge in [-0.05, 0) is 22.9 Å². The van der Waals surface area contributed by atoms with Crippen molar-refractivity contribution >= 4 is 27.6 Å². The number of aliphatic hydroxyl groups is 1. The number of ether oxygens (including phenoxy) is 1. The van der Waals surface area contributed by atoms with Crippen LogP contribution in [0.1, 0.15) is 17.2 Å². The van der Waals surface area contributed by atoms with Crippen LogP contribution in [-0.2, 0) is 9.53 Å². The quantitative estimate of drug-likeness (QED) is 0.522. The van der Waals surface area contributed by atoms with Crippen molar-refractivity contribution in [1.29, 1.82) is 0 Å². The number of aliphatic hydroxyl groups excluding tert-OH is 1. The predicted molar refractivity (Wildman–Crippen MR) is 62.5 cm³/mol. The molecule has 8 heteroatoms. The molecule has 0 amide bonds. The Morgan fingerprint density at radius 1 is 1.67 bits per heavy atom. The van der Waals surface area contributed by atoms with Crippen LogP contribution in [-0.4, -0.2) is 23.1 Å². The first kappa shape index (κ1) is 14.5. The molecule has 0 spiro atoms. The van der Waals surface area contributed by atoms with Crippen LogP contribution in [0.2, 0.25) is 0 Å². The van der Waals surface area contributed by atoms with Gasteiger partial charge in [-0.25, -0.2) is 9.18 Å². The lowest BCUT2D eigenvalue weighted by Crippen LogP contribution is -2.17. The van der Waals surface area contributed by atoms with E-state index in [9.17, 15) is 24.4 Å². The fraction of sp³-hybridized carbons (Fsp3) is 0.300. The van der Waals surface area contributed by atoms with E-state index >= 15 is 0 Å². The van der Waals surface area contributed by atoms with E-state index in [-0.39, 0.29) is 10.0 Å². The van der Waals surface area contributed by atoms with Gasteiger partial charge < -0.3 is 9.84 Å². The third-order valence-corrected chi connectivity index (χ3v) is 2.97. The zero-order valence-corrected chi connectivity index (χ0v) is 11.0. The summed E-state index contributed by atoms with van der Waals surface area (Å²) in [6, 6.07) is 0.970. The van der Waals surface area contributed by atoms with Crippen molar-refractivity contribution in [2.45, 2.75) is 13.0 Å². The van der Waals surface area contributed by atoms with Crippen LogP contribution in [0.3, 0.4) is 0 Å². The van der Waals surface area contributed by atoms with E-state index in [0.29, 0.717) is 0 Å². The number of carbonyl (C=O) groups is 1. The van der Waals surface area contributed by atoms with Crippen molar-refractivity contribution in [3.8, 4) is 0 Å². The number of hydrogen-bond acceptors (Lipinski definition) is 5. The molecule has 0 aliphatic heterocycles.